The molecule has 2 heterocycles. The van der Waals surface area contributed by atoms with Crippen LogP contribution in [-0.2, 0) is 0 Å². The predicted molar refractivity (Wildman–Crippen MR) is 101 cm³/mol. The van der Waals surface area contributed by atoms with Gasteiger partial charge in [-0.2, -0.15) is 5.10 Å². The van der Waals surface area contributed by atoms with Crippen LogP contribution in [-0.4, -0.2) is 17.4 Å². The van der Waals surface area contributed by atoms with Crippen molar-refractivity contribution in [3.05, 3.63) is 61.9 Å². The fourth-order valence-electron chi connectivity index (χ4n) is 2.21. The van der Waals surface area contributed by atoms with Gasteiger partial charge < -0.3 is 0 Å². The van der Waals surface area contributed by atoms with E-state index in [9.17, 15) is 0 Å². The van der Waals surface area contributed by atoms with E-state index in [2.05, 4.69) is 65.7 Å². The molecule has 0 fully saturated rings. The Labute approximate surface area is 144 Å². The third-order valence-electron chi connectivity index (χ3n) is 3.39. The zero-order chi connectivity index (χ0) is 16.2. The lowest BCUT2D eigenvalue weighted by atomic mass is 10.1. The summed E-state index contributed by atoms with van der Waals surface area (Å²) >= 11 is 3.37. The summed E-state index contributed by atoms with van der Waals surface area (Å²) in [4.78, 5) is 7.92. The molecule has 0 aliphatic heterocycles. The van der Waals surface area contributed by atoms with Gasteiger partial charge in [-0.05, 0) is 32.9 Å². The van der Waals surface area contributed by atoms with Gasteiger partial charge in [-0.25, -0.2) is 4.68 Å². The molecule has 3 aromatic rings. The Morgan fingerprint density at radius 1 is 1.09 bits per heavy atom. The second kappa shape index (κ2) is 7.06. The molecule has 5 heteroatoms. The van der Waals surface area contributed by atoms with Crippen LogP contribution < -0.4 is 4.80 Å². The number of thiophene rings is 1. The Hall–Kier alpha value is -1.98. The largest absolute Gasteiger partial charge is 0.258 e. The molecule has 0 saturated carbocycles. The zero-order valence-electron chi connectivity index (χ0n) is 13.5. The maximum absolute atomic E-state index is 4.69. The summed E-state index contributed by atoms with van der Waals surface area (Å²) in [6, 6.07) is 12.7. The van der Waals surface area contributed by atoms with Crippen LogP contribution in [0.1, 0.15) is 22.2 Å². The van der Waals surface area contributed by atoms with Crippen LogP contribution in [0.25, 0.3) is 11.3 Å². The van der Waals surface area contributed by atoms with E-state index < -0.39 is 0 Å². The van der Waals surface area contributed by atoms with Crippen molar-refractivity contribution >= 4 is 28.9 Å². The Bertz CT molecular complexity index is 880. The highest BCUT2D eigenvalue weighted by Crippen LogP contribution is 2.21. The number of hydrogen-bond donors (Lipinski definition) is 0. The maximum atomic E-state index is 4.69. The van der Waals surface area contributed by atoms with Crippen LogP contribution in [0.3, 0.4) is 0 Å². The summed E-state index contributed by atoms with van der Waals surface area (Å²) in [5.74, 6) is 0. The minimum Gasteiger partial charge on any atom is -0.258 e. The minimum absolute atomic E-state index is 0.751. The highest BCUT2D eigenvalue weighted by molar-refractivity contribution is 7.13. The monoisotopic (exact) mass is 341 g/mol. The Kier molecular flexibility index (Phi) is 4.88. The van der Waals surface area contributed by atoms with Crippen LogP contribution >= 0.6 is 22.7 Å². The average Bonchev–Trinajstić information content (AvgIpc) is 3.13. The first-order valence-corrected chi connectivity index (χ1v) is 9.26. The second-order valence-corrected chi connectivity index (χ2v) is 7.40. The smallest absolute Gasteiger partial charge is 0.206 e. The molecular weight excluding hydrogens is 322 g/mol. The van der Waals surface area contributed by atoms with E-state index in [4.69, 9.17) is 0 Å². The van der Waals surface area contributed by atoms with Gasteiger partial charge in [0.2, 0.25) is 4.80 Å². The van der Waals surface area contributed by atoms with Crippen molar-refractivity contribution in [3.8, 4) is 11.3 Å². The lowest BCUT2D eigenvalue weighted by Gasteiger charge is -2.03. The van der Waals surface area contributed by atoms with E-state index in [0.717, 1.165) is 27.5 Å². The molecule has 0 radical (unpaired) electrons. The van der Waals surface area contributed by atoms with Crippen molar-refractivity contribution in [1.82, 2.24) is 4.68 Å². The Morgan fingerprint density at radius 3 is 2.52 bits per heavy atom. The molecule has 3 rings (SSSR count). The van der Waals surface area contributed by atoms with Crippen molar-refractivity contribution in [2.24, 2.45) is 10.1 Å². The normalized spacial score (nSPS) is 12.4. The molecule has 0 N–H and O–H groups in total. The van der Waals surface area contributed by atoms with Crippen LogP contribution in [0.5, 0.6) is 0 Å². The summed E-state index contributed by atoms with van der Waals surface area (Å²) in [5, 5.41) is 6.81. The molecule has 1 aromatic carbocycles. The Balaban J connectivity index is 2.06. The number of benzene rings is 1. The molecule has 2 aromatic heterocycles. The summed E-state index contributed by atoms with van der Waals surface area (Å²) in [7, 11) is 0. The van der Waals surface area contributed by atoms with Gasteiger partial charge in [-0.3, -0.25) is 4.99 Å². The quantitative estimate of drug-likeness (QED) is 0.616. The first-order valence-electron chi connectivity index (χ1n) is 7.56. The topological polar surface area (TPSA) is 29.6 Å². The lowest BCUT2D eigenvalue weighted by molar-refractivity contribution is 0.833. The van der Waals surface area contributed by atoms with Gasteiger partial charge in [0.25, 0.3) is 0 Å². The van der Waals surface area contributed by atoms with Gasteiger partial charge in [-0.1, -0.05) is 29.8 Å². The number of thiazole rings is 1. The molecular formula is C18H19N3S2. The molecule has 118 valence electrons. The zero-order valence-corrected chi connectivity index (χ0v) is 15.1. The van der Waals surface area contributed by atoms with Gasteiger partial charge in [0, 0.05) is 27.2 Å². The molecule has 0 aliphatic carbocycles. The maximum Gasteiger partial charge on any atom is 0.206 e. The Morgan fingerprint density at radius 2 is 1.87 bits per heavy atom. The molecule has 3 nitrogen and oxygen atoms in total. The summed E-state index contributed by atoms with van der Waals surface area (Å²) in [5.41, 5.74) is 3.49. The standard InChI is InChI=1S/C18H19N3S2/c1-4-19-18-21(20-11-16-10-7-14(3)23-16)17(12-22-18)15-8-5-13(2)6-9-15/h5-12H,4H2,1-3H3. The van der Waals surface area contributed by atoms with Gasteiger partial charge in [0.05, 0.1) is 11.9 Å². The third-order valence-corrected chi connectivity index (χ3v) is 5.18. The van der Waals surface area contributed by atoms with Crippen molar-refractivity contribution in [2.75, 3.05) is 6.54 Å². The van der Waals surface area contributed by atoms with E-state index in [1.54, 1.807) is 22.7 Å². The lowest BCUT2D eigenvalue weighted by Crippen LogP contribution is -2.12. The van der Waals surface area contributed by atoms with Crippen molar-refractivity contribution in [2.45, 2.75) is 20.8 Å². The van der Waals surface area contributed by atoms with Gasteiger partial charge in [-0.15, -0.1) is 22.7 Å². The number of aryl methyl sites for hydroxylation is 2. The number of aromatic nitrogens is 1. The van der Waals surface area contributed by atoms with E-state index in [1.165, 1.54) is 10.4 Å². The van der Waals surface area contributed by atoms with Crippen molar-refractivity contribution < 1.29 is 0 Å². The first-order chi connectivity index (χ1) is 11.2. The minimum atomic E-state index is 0.751. The SMILES string of the molecule is CCN=c1scc(-c2ccc(C)cc2)n1N=Cc1ccc(C)s1. The van der Waals surface area contributed by atoms with Gasteiger partial charge in [0.1, 0.15) is 0 Å². The molecule has 0 saturated heterocycles. The van der Waals surface area contributed by atoms with Crippen LogP contribution in [0.15, 0.2) is 51.9 Å². The summed E-state index contributed by atoms with van der Waals surface area (Å²) < 4.78 is 1.94. The fraction of sp³-hybridized carbons (Fsp3) is 0.222. The van der Waals surface area contributed by atoms with Crippen LogP contribution in [0.4, 0.5) is 0 Å². The van der Waals surface area contributed by atoms with Crippen molar-refractivity contribution in [1.29, 1.82) is 0 Å². The predicted octanol–water partition coefficient (Wildman–Crippen LogP) is 4.70. The fourth-order valence-corrected chi connectivity index (χ4v) is 3.86. The van der Waals surface area contributed by atoms with E-state index in [0.29, 0.717) is 0 Å². The second-order valence-electron chi connectivity index (χ2n) is 5.25. The van der Waals surface area contributed by atoms with E-state index >= 15 is 0 Å². The summed E-state index contributed by atoms with van der Waals surface area (Å²) in [6.07, 6.45) is 1.91. The first kappa shape index (κ1) is 15.9. The average molecular weight is 342 g/mol. The molecule has 0 atom stereocenters. The van der Waals surface area contributed by atoms with E-state index in [-0.39, 0.29) is 0 Å². The van der Waals surface area contributed by atoms with Crippen molar-refractivity contribution in [3.63, 3.8) is 0 Å². The molecule has 23 heavy (non-hydrogen) atoms. The summed E-state index contributed by atoms with van der Waals surface area (Å²) in [6.45, 7) is 7.00. The number of nitrogens with zero attached hydrogens (tertiary/aromatic N) is 3. The van der Waals surface area contributed by atoms with Gasteiger partial charge in [0.15, 0.2) is 0 Å². The van der Waals surface area contributed by atoms with Crippen LogP contribution in [0.2, 0.25) is 0 Å². The highest BCUT2D eigenvalue weighted by Gasteiger charge is 2.07. The molecule has 0 aliphatic rings. The highest BCUT2D eigenvalue weighted by atomic mass is 32.1. The molecule has 0 bridgehead atoms. The molecule has 0 unspecified atom stereocenters. The van der Waals surface area contributed by atoms with Crippen LogP contribution in [0, 0.1) is 13.8 Å². The van der Waals surface area contributed by atoms with Gasteiger partial charge >= 0.3 is 0 Å². The molecule has 0 amide bonds. The molecule has 0 spiro atoms. The van der Waals surface area contributed by atoms with E-state index in [1.807, 2.05) is 17.8 Å². The number of rotatable bonds is 4. The number of hydrogen-bond acceptors (Lipinski definition) is 4. The third kappa shape index (κ3) is 3.68.